The molecule has 0 saturated carbocycles. The van der Waals surface area contributed by atoms with Gasteiger partial charge in [-0.15, -0.1) is 0 Å². The van der Waals surface area contributed by atoms with Crippen LogP contribution in [-0.4, -0.2) is 34.2 Å². The van der Waals surface area contributed by atoms with Gasteiger partial charge in [-0.1, -0.05) is 0 Å². The van der Waals surface area contributed by atoms with E-state index in [1.54, 1.807) is 0 Å². The van der Waals surface area contributed by atoms with Gasteiger partial charge >= 0.3 is 5.97 Å². The molecule has 1 aromatic carbocycles. The van der Waals surface area contributed by atoms with Crippen molar-refractivity contribution in [2.45, 2.75) is 13.8 Å². The summed E-state index contributed by atoms with van der Waals surface area (Å²) in [6.45, 7) is 2.66. The lowest BCUT2D eigenvalue weighted by Gasteiger charge is -2.26. The predicted molar refractivity (Wildman–Crippen MR) is 71.2 cm³/mol. The molecule has 0 spiro atoms. The molecule has 0 aromatic heterocycles. The minimum atomic E-state index is -1.25. The van der Waals surface area contributed by atoms with Crippen molar-refractivity contribution >= 4 is 29.0 Å². The number of benzene rings is 1. The van der Waals surface area contributed by atoms with Crippen molar-refractivity contribution < 1.29 is 24.4 Å². The molecule has 110 valence electrons. The van der Waals surface area contributed by atoms with Crippen molar-refractivity contribution in [3.63, 3.8) is 0 Å². The smallest absolute Gasteiger partial charge is 0.310 e. The summed E-state index contributed by atoms with van der Waals surface area (Å²) in [6, 6.07) is 3.49. The number of non-ortho nitro benzene ring substituents is 1. The number of carboxylic acids is 1. The average molecular weight is 292 g/mol. The first-order valence-corrected chi connectivity index (χ1v) is 6.03. The highest BCUT2D eigenvalue weighted by Gasteiger charge is 2.41. The van der Waals surface area contributed by atoms with E-state index in [0.717, 1.165) is 11.0 Å². The van der Waals surface area contributed by atoms with Gasteiger partial charge in [0.1, 0.15) is 0 Å². The SMILES string of the molecule is CC(C)(CN1C(=O)C(=O)c2cc([N+](=O)[O-])ccc21)C(=O)O. The molecule has 21 heavy (non-hydrogen) atoms. The van der Waals surface area contributed by atoms with Gasteiger partial charge in [-0.2, -0.15) is 0 Å². The van der Waals surface area contributed by atoms with Gasteiger partial charge in [0.25, 0.3) is 17.4 Å². The van der Waals surface area contributed by atoms with Gasteiger partial charge in [0.15, 0.2) is 0 Å². The first-order valence-electron chi connectivity index (χ1n) is 6.03. The lowest BCUT2D eigenvalue weighted by atomic mass is 9.93. The minimum absolute atomic E-state index is 0.0737. The number of fused-ring (bicyclic) bond motifs is 1. The lowest BCUT2D eigenvalue weighted by Crippen LogP contribution is -2.41. The summed E-state index contributed by atoms with van der Waals surface area (Å²) in [7, 11) is 0. The van der Waals surface area contributed by atoms with E-state index in [2.05, 4.69) is 0 Å². The Balaban J connectivity index is 2.45. The van der Waals surface area contributed by atoms with Crippen LogP contribution in [0.4, 0.5) is 11.4 Å². The third-order valence-electron chi connectivity index (χ3n) is 3.30. The highest BCUT2D eigenvalue weighted by Crippen LogP contribution is 2.34. The number of amides is 1. The fourth-order valence-corrected chi connectivity index (χ4v) is 2.02. The van der Waals surface area contributed by atoms with Crippen molar-refractivity contribution in [2.24, 2.45) is 5.41 Å². The Morgan fingerprint density at radius 1 is 1.38 bits per heavy atom. The molecule has 0 unspecified atom stereocenters. The molecular weight excluding hydrogens is 280 g/mol. The number of hydrogen-bond donors (Lipinski definition) is 1. The van der Waals surface area contributed by atoms with Crippen LogP contribution in [0.3, 0.4) is 0 Å². The lowest BCUT2D eigenvalue weighted by molar-refractivity contribution is -0.384. The second-order valence-corrected chi connectivity index (χ2v) is 5.37. The van der Waals surface area contributed by atoms with Gasteiger partial charge in [-0.05, 0) is 19.9 Å². The number of ketones is 1. The molecule has 8 heteroatoms. The quantitative estimate of drug-likeness (QED) is 0.506. The summed E-state index contributed by atoms with van der Waals surface area (Å²) in [5.41, 5.74) is -1.42. The molecular formula is C13H12N2O6. The van der Waals surface area contributed by atoms with Crippen molar-refractivity contribution in [2.75, 3.05) is 11.4 Å². The number of carbonyl (C=O) groups excluding carboxylic acids is 2. The monoisotopic (exact) mass is 292 g/mol. The Morgan fingerprint density at radius 3 is 2.52 bits per heavy atom. The zero-order valence-electron chi connectivity index (χ0n) is 11.3. The van der Waals surface area contributed by atoms with E-state index in [1.165, 1.54) is 26.0 Å². The maximum Gasteiger partial charge on any atom is 0.310 e. The second kappa shape index (κ2) is 4.65. The van der Waals surface area contributed by atoms with E-state index in [0.29, 0.717) is 0 Å². The van der Waals surface area contributed by atoms with Crippen LogP contribution in [0.5, 0.6) is 0 Å². The summed E-state index contributed by atoms with van der Waals surface area (Å²) in [4.78, 5) is 46.1. The average Bonchev–Trinajstić information content (AvgIpc) is 2.63. The molecule has 0 bridgehead atoms. The van der Waals surface area contributed by atoms with Gasteiger partial charge in [0.2, 0.25) is 0 Å². The molecule has 2 rings (SSSR count). The molecule has 0 atom stereocenters. The van der Waals surface area contributed by atoms with Gasteiger partial charge < -0.3 is 10.0 Å². The van der Waals surface area contributed by atoms with Crippen LogP contribution in [0.25, 0.3) is 0 Å². The highest BCUT2D eigenvalue weighted by atomic mass is 16.6. The Morgan fingerprint density at radius 2 is 2.00 bits per heavy atom. The maximum atomic E-state index is 12.0. The summed E-state index contributed by atoms with van der Waals surface area (Å²) in [6.07, 6.45) is 0. The predicted octanol–water partition coefficient (Wildman–Crippen LogP) is 1.23. The molecule has 0 fully saturated rings. The Bertz CT molecular complexity index is 679. The van der Waals surface area contributed by atoms with E-state index in [9.17, 15) is 24.5 Å². The largest absolute Gasteiger partial charge is 0.481 e. The van der Waals surface area contributed by atoms with Crippen molar-refractivity contribution in [3.8, 4) is 0 Å². The zero-order chi connectivity index (χ0) is 15.9. The molecule has 1 N–H and O–H groups in total. The molecule has 0 saturated heterocycles. The van der Waals surface area contributed by atoms with E-state index in [-0.39, 0.29) is 23.5 Å². The molecule has 1 aromatic rings. The van der Waals surface area contributed by atoms with Gasteiger partial charge in [0, 0.05) is 18.7 Å². The van der Waals surface area contributed by atoms with E-state index >= 15 is 0 Å². The Kier molecular flexibility index (Phi) is 3.24. The third kappa shape index (κ3) is 2.35. The number of carboxylic acid groups (broad SMARTS) is 1. The summed E-state index contributed by atoms with van der Waals surface area (Å²) in [5, 5.41) is 19.8. The Labute approximate surface area is 119 Å². The molecule has 1 heterocycles. The molecule has 0 aliphatic carbocycles. The number of nitro benzene ring substituents is 1. The fourth-order valence-electron chi connectivity index (χ4n) is 2.02. The van der Waals surface area contributed by atoms with E-state index < -0.39 is 28.0 Å². The topological polar surface area (TPSA) is 118 Å². The zero-order valence-corrected chi connectivity index (χ0v) is 11.3. The summed E-state index contributed by atoms with van der Waals surface area (Å²) in [5.74, 6) is -2.85. The van der Waals surface area contributed by atoms with Gasteiger partial charge in [0.05, 0.1) is 21.6 Å². The summed E-state index contributed by atoms with van der Waals surface area (Å²) < 4.78 is 0. The number of nitrogens with zero attached hydrogens (tertiary/aromatic N) is 2. The number of carbonyl (C=O) groups is 3. The number of rotatable bonds is 4. The van der Waals surface area contributed by atoms with Crippen LogP contribution < -0.4 is 4.90 Å². The van der Waals surface area contributed by atoms with Crippen LogP contribution in [0.1, 0.15) is 24.2 Å². The number of anilines is 1. The molecule has 1 aliphatic heterocycles. The Hall–Kier alpha value is -2.77. The van der Waals surface area contributed by atoms with Gasteiger partial charge in [-0.25, -0.2) is 0 Å². The van der Waals surface area contributed by atoms with E-state index in [1.807, 2.05) is 0 Å². The number of hydrogen-bond acceptors (Lipinski definition) is 5. The third-order valence-corrected chi connectivity index (χ3v) is 3.30. The first-order chi connectivity index (χ1) is 9.65. The van der Waals surface area contributed by atoms with Crippen LogP contribution in [-0.2, 0) is 9.59 Å². The molecule has 8 nitrogen and oxygen atoms in total. The van der Waals surface area contributed by atoms with E-state index in [4.69, 9.17) is 5.11 Å². The highest BCUT2D eigenvalue weighted by molar-refractivity contribution is 6.52. The standard InChI is InChI=1S/C13H12N2O6/c1-13(2,12(18)19)6-14-9-4-3-7(15(20)21)5-8(9)10(16)11(14)17/h3-5H,6H2,1-2H3,(H,18,19). The maximum absolute atomic E-state index is 12.0. The molecule has 1 amide bonds. The number of Topliss-reactive ketones (excluding diaryl/α,β-unsaturated/α-hetero) is 1. The van der Waals surface area contributed by atoms with Crippen molar-refractivity contribution in [1.29, 1.82) is 0 Å². The van der Waals surface area contributed by atoms with Crippen LogP contribution in [0.15, 0.2) is 18.2 Å². The normalized spacial score (nSPS) is 14.3. The van der Waals surface area contributed by atoms with Crippen LogP contribution in [0, 0.1) is 15.5 Å². The minimum Gasteiger partial charge on any atom is -0.481 e. The fraction of sp³-hybridized carbons (Fsp3) is 0.308. The van der Waals surface area contributed by atoms with Gasteiger partial charge in [-0.3, -0.25) is 24.5 Å². The van der Waals surface area contributed by atoms with Crippen molar-refractivity contribution in [3.05, 3.63) is 33.9 Å². The number of nitro groups is 1. The number of aliphatic carboxylic acids is 1. The van der Waals surface area contributed by atoms with Crippen molar-refractivity contribution in [1.82, 2.24) is 0 Å². The molecule has 0 radical (unpaired) electrons. The van der Waals surface area contributed by atoms with Crippen LogP contribution >= 0.6 is 0 Å². The second-order valence-electron chi connectivity index (χ2n) is 5.37. The summed E-state index contributed by atoms with van der Waals surface area (Å²) >= 11 is 0. The first kappa shape index (κ1) is 14.6. The van der Waals surface area contributed by atoms with Crippen LogP contribution in [0.2, 0.25) is 0 Å². The molecule has 1 aliphatic rings.